The summed E-state index contributed by atoms with van der Waals surface area (Å²) in [6.07, 6.45) is 5.29. The van der Waals surface area contributed by atoms with Crippen LogP contribution in [0.2, 0.25) is 0 Å². The van der Waals surface area contributed by atoms with E-state index in [4.69, 9.17) is 0 Å². The van der Waals surface area contributed by atoms with Gasteiger partial charge in [0.05, 0.1) is 5.57 Å². The van der Waals surface area contributed by atoms with Crippen LogP contribution < -0.4 is 0 Å². The monoisotopic (exact) mass is 262 g/mol. The van der Waals surface area contributed by atoms with Gasteiger partial charge < -0.3 is 0 Å². The molecule has 2 rings (SSSR count). The molecule has 0 saturated carbocycles. The third-order valence-corrected chi connectivity index (χ3v) is 2.76. The molecule has 0 aliphatic rings. The van der Waals surface area contributed by atoms with Crippen LogP contribution in [0.25, 0.3) is 12.2 Å². The summed E-state index contributed by atoms with van der Waals surface area (Å²) in [5.41, 5.74) is 1.89. The van der Waals surface area contributed by atoms with Crippen LogP contribution in [0.4, 0.5) is 0 Å². The van der Waals surface area contributed by atoms with Crippen molar-refractivity contribution >= 4 is 24.2 Å². The van der Waals surface area contributed by atoms with Crippen LogP contribution in [0.15, 0.2) is 72.3 Å². The van der Waals surface area contributed by atoms with Crippen molar-refractivity contribution in [1.29, 1.82) is 0 Å². The van der Waals surface area contributed by atoms with Gasteiger partial charge in [-0.25, -0.2) is 0 Å². The Kier molecular flexibility index (Phi) is 4.79. The third kappa shape index (κ3) is 3.89. The van der Waals surface area contributed by atoms with Crippen molar-refractivity contribution in [1.82, 2.24) is 0 Å². The predicted octanol–water partition coefficient (Wildman–Crippen LogP) is 3.55. The van der Waals surface area contributed by atoms with Crippen molar-refractivity contribution in [3.05, 3.63) is 83.4 Å². The van der Waals surface area contributed by atoms with Crippen LogP contribution in [0.1, 0.15) is 11.1 Å². The highest BCUT2D eigenvalue weighted by Gasteiger charge is 2.04. The number of hydrogen-bond donors (Lipinski definition) is 0. The first-order chi connectivity index (χ1) is 9.79. The van der Waals surface area contributed by atoms with Crippen LogP contribution in [-0.2, 0) is 9.59 Å². The van der Waals surface area contributed by atoms with Gasteiger partial charge >= 0.3 is 0 Å². The fourth-order valence-corrected chi connectivity index (χ4v) is 1.72. The summed E-state index contributed by atoms with van der Waals surface area (Å²) >= 11 is 0. The number of hydrogen-bond acceptors (Lipinski definition) is 2. The second kappa shape index (κ2) is 7.00. The van der Waals surface area contributed by atoms with Gasteiger partial charge in [-0.15, -0.1) is 0 Å². The largest absolute Gasteiger partial charge is 0.298 e. The molecule has 0 aliphatic carbocycles. The van der Waals surface area contributed by atoms with E-state index < -0.39 is 0 Å². The van der Waals surface area contributed by atoms with Crippen molar-refractivity contribution in [2.45, 2.75) is 0 Å². The minimum absolute atomic E-state index is 0.142. The topological polar surface area (TPSA) is 34.1 Å². The molecule has 2 nitrogen and oxygen atoms in total. The Hall–Kier alpha value is -2.74. The summed E-state index contributed by atoms with van der Waals surface area (Å²) in [5, 5.41) is 0. The molecule has 0 atom stereocenters. The Morgan fingerprint density at radius 1 is 0.800 bits per heavy atom. The molecule has 0 aromatic heterocycles. The van der Waals surface area contributed by atoms with Gasteiger partial charge in [-0.3, -0.25) is 9.59 Å². The highest BCUT2D eigenvalue weighted by atomic mass is 16.1. The fourth-order valence-electron chi connectivity index (χ4n) is 1.72. The van der Waals surface area contributed by atoms with E-state index in [9.17, 15) is 9.59 Å². The van der Waals surface area contributed by atoms with E-state index in [0.29, 0.717) is 6.29 Å². The zero-order chi connectivity index (χ0) is 14.2. The average Bonchev–Trinajstić information content (AvgIpc) is 2.52. The van der Waals surface area contributed by atoms with Gasteiger partial charge in [-0.2, -0.15) is 0 Å². The lowest BCUT2D eigenvalue weighted by atomic mass is 10.1. The third-order valence-electron chi connectivity index (χ3n) is 2.76. The maximum atomic E-state index is 12.0. The van der Waals surface area contributed by atoms with Crippen molar-refractivity contribution in [2.75, 3.05) is 0 Å². The summed E-state index contributed by atoms with van der Waals surface area (Å²) in [6, 6.07) is 18.8. The van der Waals surface area contributed by atoms with E-state index >= 15 is 0 Å². The molecule has 0 bridgehead atoms. The normalized spacial score (nSPS) is 11.5. The molecular formula is C18H14O2. The maximum Gasteiger partial charge on any atom is 0.189 e. The van der Waals surface area contributed by atoms with E-state index in [1.54, 1.807) is 12.2 Å². The smallest absolute Gasteiger partial charge is 0.189 e. The summed E-state index contributed by atoms with van der Waals surface area (Å²) in [7, 11) is 0. The van der Waals surface area contributed by atoms with Crippen molar-refractivity contribution in [2.24, 2.45) is 0 Å². The molecule has 0 N–H and O–H groups in total. The molecule has 0 unspecified atom stereocenters. The number of aldehydes is 1. The molecule has 0 aliphatic heterocycles. The van der Waals surface area contributed by atoms with Crippen LogP contribution in [0, 0.1) is 0 Å². The predicted molar refractivity (Wildman–Crippen MR) is 81.0 cm³/mol. The van der Waals surface area contributed by atoms with Gasteiger partial charge in [-0.05, 0) is 23.3 Å². The molecule has 20 heavy (non-hydrogen) atoms. The second-order valence-electron chi connectivity index (χ2n) is 4.24. The average molecular weight is 262 g/mol. The summed E-state index contributed by atoms with van der Waals surface area (Å²) in [6.45, 7) is 0. The fraction of sp³-hybridized carbons (Fsp3) is 0. The van der Waals surface area contributed by atoms with E-state index in [0.717, 1.165) is 11.1 Å². The molecule has 98 valence electrons. The van der Waals surface area contributed by atoms with E-state index in [-0.39, 0.29) is 11.4 Å². The number of carbonyl (C=O) groups excluding carboxylic acids is 2. The van der Waals surface area contributed by atoms with Crippen LogP contribution in [-0.4, -0.2) is 12.1 Å². The number of rotatable bonds is 5. The summed E-state index contributed by atoms with van der Waals surface area (Å²) in [5.74, 6) is -0.298. The number of carbonyl (C=O) groups is 2. The van der Waals surface area contributed by atoms with Crippen molar-refractivity contribution in [3.8, 4) is 0 Å². The SMILES string of the molecule is O=CC(=Cc1ccccc1)C(=O)C=Cc1ccccc1. The Bertz CT molecular complexity index is 638. The Morgan fingerprint density at radius 2 is 1.35 bits per heavy atom. The zero-order valence-corrected chi connectivity index (χ0v) is 10.9. The highest BCUT2D eigenvalue weighted by molar-refractivity contribution is 6.21. The molecule has 2 heteroatoms. The number of allylic oxidation sites excluding steroid dienone is 2. The van der Waals surface area contributed by atoms with E-state index in [1.165, 1.54) is 6.08 Å². The van der Waals surface area contributed by atoms with E-state index in [2.05, 4.69) is 0 Å². The van der Waals surface area contributed by atoms with Gasteiger partial charge in [0.15, 0.2) is 12.1 Å². The molecule has 0 fully saturated rings. The zero-order valence-electron chi connectivity index (χ0n) is 10.9. The van der Waals surface area contributed by atoms with Crippen LogP contribution in [0.3, 0.4) is 0 Å². The molecule has 0 amide bonds. The van der Waals surface area contributed by atoms with E-state index in [1.807, 2.05) is 60.7 Å². The minimum Gasteiger partial charge on any atom is -0.298 e. The Labute approximate surface area is 118 Å². The Morgan fingerprint density at radius 3 is 1.90 bits per heavy atom. The first-order valence-electron chi connectivity index (χ1n) is 6.29. The highest BCUT2D eigenvalue weighted by Crippen LogP contribution is 2.08. The van der Waals surface area contributed by atoms with Gasteiger partial charge in [0.1, 0.15) is 0 Å². The molecule has 0 saturated heterocycles. The van der Waals surface area contributed by atoms with Crippen LogP contribution in [0.5, 0.6) is 0 Å². The van der Waals surface area contributed by atoms with Gasteiger partial charge in [0.25, 0.3) is 0 Å². The lowest BCUT2D eigenvalue weighted by Crippen LogP contribution is -1.99. The first-order valence-corrected chi connectivity index (χ1v) is 6.29. The number of ketones is 1. The standard InChI is InChI=1S/C18H14O2/c19-14-17(13-16-9-5-2-6-10-16)18(20)12-11-15-7-3-1-4-8-15/h1-14H. The van der Waals surface area contributed by atoms with Crippen molar-refractivity contribution in [3.63, 3.8) is 0 Å². The lowest BCUT2D eigenvalue weighted by molar-refractivity contribution is -0.113. The molecule has 0 radical (unpaired) electrons. The minimum atomic E-state index is -0.298. The van der Waals surface area contributed by atoms with Crippen molar-refractivity contribution < 1.29 is 9.59 Å². The quantitative estimate of drug-likeness (QED) is 0.357. The number of benzene rings is 2. The van der Waals surface area contributed by atoms with Gasteiger partial charge in [0.2, 0.25) is 0 Å². The summed E-state index contributed by atoms with van der Waals surface area (Å²) < 4.78 is 0. The molecule has 2 aromatic carbocycles. The first kappa shape index (κ1) is 13.7. The molecular weight excluding hydrogens is 248 g/mol. The molecule has 2 aromatic rings. The maximum absolute atomic E-state index is 12.0. The summed E-state index contributed by atoms with van der Waals surface area (Å²) in [4.78, 5) is 23.0. The second-order valence-corrected chi connectivity index (χ2v) is 4.24. The van der Waals surface area contributed by atoms with Crippen LogP contribution >= 0.6 is 0 Å². The molecule has 0 heterocycles. The lowest BCUT2D eigenvalue weighted by Gasteiger charge is -1.96. The molecule has 0 spiro atoms. The van der Waals surface area contributed by atoms with Gasteiger partial charge in [0, 0.05) is 0 Å². The van der Waals surface area contributed by atoms with Gasteiger partial charge in [-0.1, -0.05) is 66.7 Å². The Balaban J connectivity index is 2.16.